The fourth-order valence-electron chi connectivity index (χ4n) is 1.79. The zero-order valence-corrected chi connectivity index (χ0v) is 10.7. The standard InChI is InChI=1S/C12H20N2O3/c1-12(2,3)17-11(16)14-7-4-5-10(6-8-14)13-9-15/h10H,4-8H2,1-3H3. The van der Waals surface area contributed by atoms with Gasteiger partial charge in [-0.15, -0.1) is 0 Å². The Morgan fingerprint density at radius 1 is 1.35 bits per heavy atom. The molecule has 1 atom stereocenters. The summed E-state index contributed by atoms with van der Waals surface area (Å²) in [6.07, 6.45) is 3.68. The highest BCUT2D eigenvalue weighted by Crippen LogP contribution is 2.16. The number of aliphatic imine (C=N–C) groups is 1. The lowest BCUT2D eigenvalue weighted by molar-refractivity contribution is 0.0256. The van der Waals surface area contributed by atoms with Crippen molar-refractivity contribution < 1.29 is 14.3 Å². The topological polar surface area (TPSA) is 59.0 Å². The summed E-state index contributed by atoms with van der Waals surface area (Å²) in [5.74, 6) is 0. The number of carbonyl (C=O) groups excluding carboxylic acids is 2. The second-order valence-corrected chi connectivity index (χ2v) is 5.27. The lowest BCUT2D eigenvalue weighted by Crippen LogP contribution is -2.37. The van der Waals surface area contributed by atoms with Crippen LogP contribution in [-0.4, -0.2) is 41.8 Å². The summed E-state index contributed by atoms with van der Waals surface area (Å²) < 4.78 is 5.31. The van der Waals surface area contributed by atoms with Crippen LogP contribution in [0.15, 0.2) is 4.99 Å². The average molecular weight is 240 g/mol. The van der Waals surface area contributed by atoms with Crippen LogP contribution in [0.3, 0.4) is 0 Å². The van der Waals surface area contributed by atoms with E-state index < -0.39 is 5.60 Å². The van der Waals surface area contributed by atoms with E-state index in [9.17, 15) is 9.59 Å². The summed E-state index contributed by atoms with van der Waals surface area (Å²) >= 11 is 0. The van der Waals surface area contributed by atoms with E-state index in [0.717, 1.165) is 12.8 Å². The summed E-state index contributed by atoms with van der Waals surface area (Å²) in [6, 6.07) is -0.0000586. The van der Waals surface area contributed by atoms with Gasteiger partial charge in [0.1, 0.15) is 5.60 Å². The second kappa shape index (κ2) is 5.82. The molecule has 1 unspecified atom stereocenters. The number of amides is 1. The minimum absolute atomic E-state index is 0.0000586. The van der Waals surface area contributed by atoms with Gasteiger partial charge in [-0.1, -0.05) is 0 Å². The number of likely N-dealkylation sites (tertiary alicyclic amines) is 1. The third-order valence-corrected chi connectivity index (χ3v) is 2.58. The largest absolute Gasteiger partial charge is 0.444 e. The van der Waals surface area contributed by atoms with Gasteiger partial charge in [0.15, 0.2) is 0 Å². The Balaban J connectivity index is 2.51. The van der Waals surface area contributed by atoms with Crippen LogP contribution in [0.5, 0.6) is 0 Å². The van der Waals surface area contributed by atoms with E-state index >= 15 is 0 Å². The Hall–Kier alpha value is -1.35. The molecule has 1 fully saturated rings. The predicted octanol–water partition coefficient (Wildman–Crippen LogP) is 2.11. The molecule has 0 aromatic rings. The van der Waals surface area contributed by atoms with Crippen LogP contribution >= 0.6 is 0 Å². The first-order valence-corrected chi connectivity index (χ1v) is 5.97. The SMILES string of the molecule is CC(C)(C)OC(=O)N1CCCC(N=C=O)CC1. The van der Waals surface area contributed by atoms with E-state index in [1.54, 1.807) is 11.0 Å². The maximum absolute atomic E-state index is 11.8. The number of carbonyl (C=O) groups is 1. The van der Waals surface area contributed by atoms with Crippen LogP contribution in [0.2, 0.25) is 0 Å². The Morgan fingerprint density at radius 2 is 2.06 bits per heavy atom. The van der Waals surface area contributed by atoms with Crippen molar-refractivity contribution in [1.82, 2.24) is 4.90 Å². The van der Waals surface area contributed by atoms with Crippen molar-refractivity contribution in [1.29, 1.82) is 0 Å². The van der Waals surface area contributed by atoms with Crippen molar-refractivity contribution in [2.75, 3.05) is 13.1 Å². The van der Waals surface area contributed by atoms with Crippen LogP contribution < -0.4 is 0 Å². The maximum atomic E-state index is 11.8. The molecule has 0 N–H and O–H groups in total. The second-order valence-electron chi connectivity index (χ2n) is 5.27. The summed E-state index contributed by atoms with van der Waals surface area (Å²) in [5, 5.41) is 0. The molecule has 0 radical (unpaired) electrons. The van der Waals surface area contributed by atoms with E-state index in [4.69, 9.17) is 4.74 Å². The van der Waals surface area contributed by atoms with Crippen LogP contribution in [0.25, 0.3) is 0 Å². The lowest BCUT2D eigenvalue weighted by atomic mass is 10.1. The molecule has 96 valence electrons. The number of nitrogens with zero attached hydrogens (tertiary/aromatic N) is 2. The van der Waals surface area contributed by atoms with Crippen LogP contribution in [0.4, 0.5) is 4.79 Å². The van der Waals surface area contributed by atoms with E-state index in [1.165, 1.54) is 0 Å². The molecule has 5 nitrogen and oxygen atoms in total. The van der Waals surface area contributed by atoms with Crippen molar-refractivity contribution in [2.45, 2.75) is 51.7 Å². The van der Waals surface area contributed by atoms with Gasteiger partial charge in [-0.25, -0.2) is 14.6 Å². The third kappa shape index (κ3) is 5.00. The highest BCUT2D eigenvalue weighted by Gasteiger charge is 2.24. The normalized spacial score (nSPS) is 21.4. The van der Waals surface area contributed by atoms with Crippen molar-refractivity contribution in [3.05, 3.63) is 0 Å². The molecular weight excluding hydrogens is 220 g/mol. The fourth-order valence-corrected chi connectivity index (χ4v) is 1.79. The molecule has 1 aliphatic heterocycles. The molecule has 1 saturated heterocycles. The fraction of sp³-hybridized carbons (Fsp3) is 0.833. The van der Waals surface area contributed by atoms with Gasteiger partial charge in [-0.05, 0) is 40.0 Å². The molecule has 17 heavy (non-hydrogen) atoms. The molecule has 5 heteroatoms. The number of isocyanates is 1. The number of rotatable bonds is 1. The minimum atomic E-state index is -0.469. The molecule has 0 saturated carbocycles. The van der Waals surface area contributed by atoms with Crippen LogP contribution in [-0.2, 0) is 9.53 Å². The molecule has 0 spiro atoms. The predicted molar refractivity (Wildman–Crippen MR) is 63.6 cm³/mol. The molecule has 0 aromatic heterocycles. The maximum Gasteiger partial charge on any atom is 0.410 e. The van der Waals surface area contributed by atoms with Gasteiger partial charge in [0.2, 0.25) is 6.08 Å². The van der Waals surface area contributed by atoms with E-state index in [0.29, 0.717) is 19.5 Å². The minimum Gasteiger partial charge on any atom is -0.444 e. The first-order chi connectivity index (χ1) is 7.92. The molecular formula is C12H20N2O3. The monoisotopic (exact) mass is 240 g/mol. The van der Waals surface area contributed by atoms with Crippen molar-refractivity contribution in [2.24, 2.45) is 4.99 Å². The lowest BCUT2D eigenvalue weighted by Gasteiger charge is -2.26. The number of hydrogen-bond acceptors (Lipinski definition) is 4. The van der Waals surface area contributed by atoms with Crippen LogP contribution in [0, 0.1) is 0 Å². The van der Waals surface area contributed by atoms with E-state index in [2.05, 4.69) is 4.99 Å². The van der Waals surface area contributed by atoms with Gasteiger partial charge < -0.3 is 9.64 Å². The Kier molecular flexibility index (Phi) is 4.70. The summed E-state index contributed by atoms with van der Waals surface area (Å²) in [4.78, 5) is 27.4. The summed E-state index contributed by atoms with van der Waals surface area (Å²) in [7, 11) is 0. The quantitative estimate of drug-likeness (QED) is 0.521. The van der Waals surface area contributed by atoms with Gasteiger partial charge in [-0.2, -0.15) is 0 Å². The van der Waals surface area contributed by atoms with Gasteiger partial charge in [0, 0.05) is 13.1 Å². The smallest absolute Gasteiger partial charge is 0.410 e. The molecule has 0 aromatic carbocycles. The Labute approximate surface area is 102 Å². The van der Waals surface area contributed by atoms with Crippen molar-refractivity contribution in [3.63, 3.8) is 0 Å². The molecule has 0 bridgehead atoms. The summed E-state index contributed by atoms with van der Waals surface area (Å²) in [6.45, 7) is 6.80. The van der Waals surface area contributed by atoms with E-state index in [-0.39, 0.29) is 12.1 Å². The first kappa shape index (κ1) is 13.7. The van der Waals surface area contributed by atoms with Gasteiger partial charge in [-0.3, -0.25) is 0 Å². The molecule has 1 aliphatic rings. The van der Waals surface area contributed by atoms with Crippen molar-refractivity contribution in [3.8, 4) is 0 Å². The summed E-state index contributed by atoms with van der Waals surface area (Å²) in [5.41, 5.74) is -0.469. The van der Waals surface area contributed by atoms with Gasteiger partial charge in [0.25, 0.3) is 0 Å². The molecule has 1 amide bonds. The zero-order valence-electron chi connectivity index (χ0n) is 10.7. The highest BCUT2D eigenvalue weighted by molar-refractivity contribution is 5.68. The first-order valence-electron chi connectivity index (χ1n) is 5.97. The molecule has 0 aliphatic carbocycles. The highest BCUT2D eigenvalue weighted by atomic mass is 16.6. The zero-order chi connectivity index (χ0) is 12.9. The van der Waals surface area contributed by atoms with Crippen LogP contribution in [0.1, 0.15) is 40.0 Å². The van der Waals surface area contributed by atoms with E-state index in [1.807, 2.05) is 20.8 Å². The van der Waals surface area contributed by atoms with Gasteiger partial charge in [0.05, 0.1) is 6.04 Å². The third-order valence-electron chi connectivity index (χ3n) is 2.58. The molecule has 1 heterocycles. The average Bonchev–Trinajstić information content (AvgIpc) is 2.41. The number of hydrogen-bond donors (Lipinski definition) is 0. The van der Waals surface area contributed by atoms with Gasteiger partial charge >= 0.3 is 6.09 Å². The Bertz CT molecular complexity index is 316. The molecule has 1 rings (SSSR count). The Morgan fingerprint density at radius 3 is 2.65 bits per heavy atom. The number of ether oxygens (including phenoxy) is 1. The van der Waals surface area contributed by atoms with Crippen molar-refractivity contribution >= 4 is 12.2 Å².